The molecule has 10 nitrogen and oxygen atoms in total. The number of aryl methyl sites for hydroxylation is 2. The van der Waals surface area contributed by atoms with Gasteiger partial charge in [0.25, 0.3) is 0 Å². The Morgan fingerprint density at radius 3 is 2.49 bits per heavy atom. The van der Waals surface area contributed by atoms with Crippen molar-refractivity contribution in [2.24, 2.45) is 5.41 Å². The minimum Gasteiger partial charge on any atom is -0.373 e. The first-order valence-electron chi connectivity index (χ1n) is 14.1. The molecule has 3 aliphatic carbocycles. The summed E-state index contributed by atoms with van der Waals surface area (Å²) in [5.41, 5.74) is 6.64. The summed E-state index contributed by atoms with van der Waals surface area (Å²) in [6, 6.07) is 2.08. The van der Waals surface area contributed by atoms with Gasteiger partial charge in [0.1, 0.15) is 5.82 Å². The van der Waals surface area contributed by atoms with E-state index >= 15 is 0 Å². The lowest BCUT2D eigenvalue weighted by atomic mass is 9.57. The number of carbonyl (C=O) groups excluding carboxylic acids is 2. The number of nitrogens with zero attached hydrogens (tertiary/aromatic N) is 5. The van der Waals surface area contributed by atoms with Crippen molar-refractivity contribution in [1.82, 2.24) is 25.0 Å². The van der Waals surface area contributed by atoms with Crippen LogP contribution in [-0.2, 0) is 29.1 Å². The van der Waals surface area contributed by atoms with Crippen molar-refractivity contribution in [1.29, 1.82) is 5.41 Å². The number of hydrogen-bond acceptors (Lipinski definition) is 7. The Morgan fingerprint density at radius 2 is 1.87 bits per heavy atom. The summed E-state index contributed by atoms with van der Waals surface area (Å²) in [5, 5.41) is 19.5. The number of anilines is 2. The van der Waals surface area contributed by atoms with Crippen molar-refractivity contribution >= 4 is 29.5 Å². The zero-order valence-corrected chi connectivity index (χ0v) is 24.0. The molecule has 0 saturated heterocycles. The molecular formula is C29H42N8O2. The van der Waals surface area contributed by atoms with Gasteiger partial charge in [0.15, 0.2) is 0 Å². The van der Waals surface area contributed by atoms with Crippen LogP contribution in [0.5, 0.6) is 0 Å². The fourth-order valence-corrected chi connectivity index (χ4v) is 6.93. The molecule has 6 rings (SSSR count). The van der Waals surface area contributed by atoms with Gasteiger partial charge in [0.05, 0.1) is 23.5 Å². The third kappa shape index (κ3) is 5.13. The van der Waals surface area contributed by atoms with Crippen LogP contribution in [0.2, 0.25) is 0 Å². The zero-order chi connectivity index (χ0) is 27.9. The number of amides is 2. The number of pyridine rings is 1. The summed E-state index contributed by atoms with van der Waals surface area (Å²) >= 11 is 0. The highest BCUT2D eigenvalue weighted by atomic mass is 16.2. The van der Waals surface area contributed by atoms with E-state index in [9.17, 15) is 9.59 Å². The van der Waals surface area contributed by atoms with Gasteiger partial charge < -0.3 is 25.8 Å². The number of carbonyl (C=O) groups is 2. The molecule has 3 fully saturated rings. The smallest absolute Gasteiger partial charge is 0.240 e. The summed E-state index contributed by atoms with van der Waals surface area (Å²) in [7, 11) is 3.52. The third-order valence-electron chi connectivity index (χ3n) is 9.43. The van der Waals surface area contributed by atoms with E-state index < -0.39 is 0 Å². The molecule has 3 N–H and O–H groups in total. The van der Waals surface area contributed by atoms with Gasteiger partial charge in [-0.2, -0.15) is 5.10 Å². The Labute approximate surface area is 231 Å². The molecule has 3 heterocycles. The first-order chi connectivity index (χ1) is 18.6. The van der Waals surface area contributed by atoms with Gasteiger partial charge in [0, 0.05) is 75.8 Å². The van der Waals surface area contributed by atoms with E-state index in [1.807, 2.05) is 14.0 Å². The predicted octanol–water partition coefficient (Wildman–Crippen LogP) is 3.18. The Hall–Kier alpha value is -3.43. The number of aromatic nitrogens is 3. The second kappa shape index (κ2) is 10.3. The Kier molecular flexibility index (Phi) is 7.15. The zero-order valence-electron chi connectivity index (χ0n) is 24.0. The lowest BCUT2D eigenvalue weighted by Gasteiger charge is -2.53. The third-order valence-corrected chi connectivity index (χ3v) is 9.43. The van der Waals surface area contributed by atoms with E-state index in [1.165, 1.54) is 29.3 Å². The highest BCUT2D eigenvalue weighted by Crippen LogP contribution is 2.53. The van der Waals surface area contributed by atoms with Gasteiger partial charge in [-0.3, -0.25) is 14.3 Å². The predicted molar refractivity (Wildman–Crippen MR) is 152 cm³/mol. The maximum Gasteiger partial charge on any atom is 0.240 e. The van der Waals surface area contributed by atoms with E-state index in [2.05, 4.69) is 38.2 Å². The van der Waals surface area contributed by atoms with Gasteiger partial charge in [-0.1, -0.05) is 0 Å². The van der Waals surface area contributed by atoms with Crippen molar-refractivity contribution < 1.29 is 9.59 Å². The molecule has 210 valence electrons. The summed E-state index contributed by atoms with van der Waals surface area (Å²) in [5.74, 6) is 0.592. The van der Waals surface area contributed by atoms with Crippen molar-refractivity contribution in [2.45, 2.75) is 84.3 Å². The highest BCUT2D eigenvalue weighted by Gasteiger charge is 2.49. The van der Waals surface area contributed by atoms with Crippen molar-refractivity contribution in [3.63, 3.8) is 0 Å². The summed E-state index contributed by atoms with van der Waals surface area (Å²) in [6.45, 7) is 8.31. The van der Waals surface area contributed by atoms with Gasteiger partial charge in [0.2, 0.25) is 11.8 Å². The molecule has 0 spiro atoms. The monoisotopic (exact) mass is 534 g/mol. The average molecular weight is 535 g/mol. The minimum atomic E-state index is -0.127. The van der Waals surface area contributed by atoms with Crippen LogP contribution >= 0.6 is 0 Å². The molecule has 0 atom stereocenters. The van der Waals surface area contributed by atoms with E-state index in [-0.39, 0.29) is 29.3 Å². The van der Waals surface area contributed by atoms with Crippen LogP contribution in [0.15, 0.2) is 6.07 Å². The minimum absolute atomic E-state index is 0.0548. The van der Waals surface area contributed by atoms with Crippen LogP contribution in [0.3, 0.4) is 0 Å². The highest BCUT2D eigenvalue weighted by molar-refractivity contribution is 5.92. The molecule has 0 aromatic carbocycles. The summed E-state index contributed by atoms with van der Waals surface area (Å²) in [4.78, 5) is 32.5. The first-order valence-corrected chi connectivity index (χ1v) is 14.1. The lowest BCUT2D eigenvalue weighted by molar-refractivity contribution is -0.135. The van der Waals surface area contributed by atoms with Crippen molar-refractivity contribution in [3.05, 3.63) is 34.3 Å². The maximum atomic E-state index is 12.6. The second-order valence-electron chi connectivity index (χ2n) is 12.0. The van der Waals surface area contributed by atoms with Gasteiger partial charge in [-0.15, -0.1) is 0 Å². The van der Waals surface area contributed by atoms with Crippen molar-refractivity contribution in [2.75, 3.05) is 37.4 Å². The van der Waals surface area contributed by atoms with E-state index in [0.717, 1.165) is 93.0 Å². The Morgan fingerprint density at radius 1 is 1.18 bits per heavy atom. The molecule has 0 radical (unpaired) electrons. The molecule has 3 saturated carbocycles. The van der Waals surface area contributed by atoms with Crippen LogP contribution in [-0.4, -0.2) is 70.4 Å². The summed E-state index contributed by atoms with van der Waals surface area (Å²) < 4.78 is 2.29. The van der Waals surface area contributed by atoms with Gasteiger partial charge >= 0.3 is 0 Å². The molecule has 2 bridgehead atoms. The molecule has 1 aliphatic heterocycles. The normalized spacial score (nSPS) is 23.8. The molecular weight excluding hydrogens is 492 g/mol. The fourth-order valence-electron chi connectivity index (χ4n) is 6.93. The Bertz CT molecular complexity index is 1270. The average Bonchev–Trinajstić information content (AvgIpc) is 3.22. The molecule has 0 unspecified atom stereocenters. The fraction of sp³-hybridized carbons (Fsp3) is 0.621. The van der Waals surface area contributed by atoms with Crippen LogP contribution in [0.4, 0.5) is 11.5 Å². The van der Waals surface area contributed by atoms with Gasteiger partial charge in [-0.25, -0.2) is 4.98 Å². The number of nitrogens with one attached hydrogen (secondary N) is 3. The Balaban J connectivity index is 1.28. The van der Waals surface area contributed by atoms with Crippen LogP contribution in [0.25, 0.3) is 0 Å². The first kappa shape index (κ1) is 27.1. The van der Waals surface area contributed by atoms with Crippen LogP contribution in [0.1, 0.15) is 73.7 Å². The summed E-state index contributed by atoms with van der Waals surface area (Å²) in [6.07, 6.45) is 8.53. The number of hydrogen-bond donors (Lipinski definition) is 3. The molecule has 2 amide bonds. The van der Waals surface area contributed by atoms with E-state index in [4.69, 9.17) is 10.5 Å². The SMILES string of the molecule is CNc1nc(C)cc(N2CCc3c(c(C)nn3CC34CCC(NC(=O)CN(C)C(C)=O)(CC3)CC4)C2)c1C=N. The molecule has 2 aromatic heterocycles. The quantitative estimate of drug-likeness (QED) is 0.448. The number of likely N-dealkylation sites (N-methyl/N-ethyl adjacent to an activating group) is 1. The largest absolute Gasteiger partial charge is 0.373 e. The van der Waals surface area contributed by atoms with E-state index in [0.29, 0.717) is 0 Å². The van der Waals surface area contributed by atoms with Crippen molar-refractivity contribution in [3.8, 4) is 0 Å². The maximum absolute atomic E-state index is 12.6. The molecule has 39 heavy (non-hydrogen) atoms. The topological polar surface area (TPSA) is 119 Å². The second-order valence-corrected chi connectivity index (χ2v) is 12.0. The van der Waals surface area contributed by atoms with Crippen LogP contribution in [0, 0.1) is 24.7 Å². The molecule has 10 heteroatoms. The number of fused-ring (bicyclic) bond motifs is 4. The lowest BCUT2D eigenvalue weighted by Crippen LogP contribution is -2.58. The molecule has 2 aromatic rings. The standard InChI is InChI=1S/C29H42N8O2/c1-19-14-25(22(15-30)27(31-4)32-19)36-13-6-24-23(16-36)20(2)34-37(24)18-28-7-10-29(11-8-28,12-9-28)33-26(39)17-35(5)21(3)38/h14-15,30H,6-13,16-18H2,1-5H3,(H,31,32)(H,33,39). The number of rotatable bonds is 8. The molecule has 4 aliphatic rings. The van der Waals surface area contributed by atoms with E-state index in [1.54, 1.807) is 7.05 Å². The van der Waals surface area contributed by atoms with Crippen LogP contribution < -0.4 is 15.5 Å². The van der Waals surface area contributed by atoms with Gasteiger partial charge in [-0.05, 0) is 63.9 Å².